The van der Waals surface area contributed by atoms with Gasteiger partial charge in [0, 0.05) is 6.42 Å². The van der Waals surface area contributed by atoms with Crippen LogP contribution in [0.4, 0.5) is 8.78 Å². The van der Waals surface area contributed by atoms with Crippen LogP contribution in [0.15, 0.2) is 12.7 Å². The molecule has 0 spiro atoms. The number of allylic oxidation sites excluding steroid dienone is 1. The first kappa shape index (κ1) is 12.1. The Morgan fingerprint density at radius 3 is 2.69 bits per heavy atom. The van der Waals surface area contributed by atoms with Crippen molar-refractivity contribution in [2.24, 2.45) is 0 Å². The number of ether oxygens (including phenoxy) is 1. The van der Waals surface area contributed by atoms with Gasteiger partial charge < -0.3 is 4.74 Å². The largest absolute Gasteiger partial charge is 0.462 e. The highest BCUT2D eigenvalue weighted by atomic mass is 19.3. The van der Waals surface area contributed by atoms with Gasteiger partial charge in [0.25, 0.3) is 0 Å². The molecule has 0 N–H and O–H groups in total. The molecular formula is C9H14F2O2. The van der Waals surface area contributed by atoms with Crippen molar-refractivity contribution in [3.8, 4) is 0 Å². The van der Waals surface area contributed by atoms with Crippen molar-refractivity contribution >= 4 is 5.97 Å². The lowest BCUT2D eigenvalue weighted by molar-refractivity contribution is -0.172. The molecule has 0 aliphatic heterocycles. The second kappa shape index (κ2) is 5.67. The molecule has 4 heteroatoms. The molecule has 0 atom stereocenters. The summed E-state index contributed by atoms with van der Waals surface area (Å²) in [5, 5.41) is 0. The molecule has 0 aromatic rings. The molecule has 0 heterocycles. The van der Waals surface area contributed by atoms with Gasteiger partial charge in [-0.05, 0) is 19.8 Å². The zero-order chi connectivity index (χ0) is 10.3. The summed E-state index contributed by atoms with van der Waals surface area (Å²) in [6.07, 6.45) is 1.80. The van der Waals surface area contributed by atoms with Crippen molar-refractivity contribution in [2.45, 2.75) is 32.1 Å². The fourth-order valence-electron chi connectivity index (χ4n) is 0.807. The fraction of sp³-hybridized carbons (Fsp3) is 0.667. The molecular weight excluding hydrogens is 178 g/mol. The molecule has 13 heavy (non-hydrogen) atoms. The highest BCUT2D eigenvalue weighted by molar-refractivity contribution is 5.77. The van der Waals surface area contributed by atoms with Crippen LogP contribution in [0.3, 0.4) is 0 Å². The minimum Gasteiger partial charge on any atom is -0.462 e. The third-order valence-electron chi connectivity index (χ3n) is 1.47. The van der Waals surface area contributed by atoms with Crippen LogP contribution in [0.2, 0.25) is 0 Å². The van der Waals surface area contributed by atoms with Crippen molar-refractivity contribution in [1.29, 1.82) is 0 Å². The van der Waals surface area contributed by atoms with Gasteiger partial charge in [0.05, 0.1) is 6.61 Å². The molecule has 0 amide bonds. The lowest BCUT2D eigenvalue weighted by Crippen LogP contribution is -2.30. The summed E-state index contributed by atoms with van der Waals surface area (Å²) in [6, 6.07) is 0. The Morgan fingerprint density at radius 2 is 2.23 bits per heavy atom. The van der Waals surface area contributed by atoms with E-state index in [1.807, 2.05) is 0 Å². The number of carbonyl (C=O) groups is 1. The number of unbranched alkanes of at least 4 members (excludes halogenated alkanes) is 1. The Bertz CT molecular complexity index is 178. The van der Waals surface area contributed by atoms with Crippen LogP contribution in [-0.2, 0) is 9.53 Å². The molecule has 0 rings (SSSR count). The van der Waals surface area contributed by atoms with E-state index >= 15 is 0 Å². The van der Waals surface area contributed by atoms with Gasteiger partial charge in [-0.25, -0.2) is 4.79 Å². The average molecular weight is 192 g/mol. The molecule has 0 aliphatic rings. The van der Waals surface area contributed by atoms with Gasteiger partial charge in [0.1, 0.15) is 0 Å². The summed E-state index contributed by atoms with van der Waals surface area (Å²) in [6.45, 7) is 4.88. The lowest BCUT2D eigenvalue weighted by atomic mass is 10.1. The van der Waals surface area contributed by atoms with E-state index in [1.165, 1.54) is 6.92 Å². The topological polar surface area (TPSA) is 26.3 Å². The van der Waals surface area contributed by atoms with Crippen LogP contribution in [0.5, 0.6) is 0 Å². The lowest BCUT2D eigenvalue weighted by Gasteiger charge is -2.13. The molecule has 0 saturated heterocycles. The number of rotatable bonds is 6. The maximum atomic E-state index is 12.8. The van der Waals surface area contributed by atoms with Crippen LogP contribution in [0.1, 0.15) is 26.2 Å². The normalized spacial score (nSPS) is 11.0. The second-order valence-electron chi connectivity index (χ2n) is 2.61. The van der Waals surface area contributed by atoms with Crippen LogP contribution < -0.4 is 0 Å². The standard InChI is InChI=1S/C9H14F2O2/c1-3-5-6-7-9(10,11)8(12)13-4-2/h3H,1,4-7H2,2H3. The Kier molecular flexibility index (Phi) is 5.26. The van der Waals surface area contributed by atoms with E-state index in [1.54, 1.807) is 6.08 Å². The monoisotopic (exact) mass is 192 g/mol. The Morgan fingerprint density at radius 1 is 1.62 bits per heavy atom. The highest BCUT2D eigenvalue weighted by Gasteiger charge is 2.39. The van der Waals surface area contributed by atoms with Crippen LogP contribution in [0.25, 0.3) is 0 Å². The summed E-state index contributed by atoms with van der Waals surface area (Å²) in [5.74, 6) is -4.78. The first-order valence-corrected chi connectivity index (χ1v) is 4.20. The maximum absolute atomic E-state index is 12.8. The fourth-order valence-corrected chi connectivity index (χ4v) is 0.807. The van der Waals surface area contributed by atoms with Crippen LogP contribution in [-0.4, -0.2) is 18.5 Å². The van der Waals surface area contributed by atoms with Crippen molar-refractivity contribution < 1.29 is 18.3 Å². The number of alkyl halides is 2. The molecule has 0 fully saturated rings. The number of carbonyl (C=O) groups excluding carboxylic acids is 1. The van der Waals surface area contributed by atoms with E-state index in [4.69, 9.17) is 0 Å². The minimum atomic E-state index is -3.35. The predicted molar refractivity (Wildman–Crippen MR) is 45.6 cm³/mol. The van der Waals surface area contributed by atoms with Gasteiger partial charge in [0.2, 0.25) is 0 Å². The Hall–Kier alpha value is -0.930. The minimum absolute atomic E-state index is 0.0180. The highest BCUT2D eigenvalue weighted by Crippen LogP contribution is 2.22. The first-order chi connectivity index (χ1) is 6.04. The van der Waals surface area contributed by atoms with Gasteiger partial charge in [0.15, 0.2) is 0 Å². The molecule has 0 radical (unpaired) electrons. The quantitative estimate of drug-likeness (QED) is 0.367. The molecule has 0 bridgehead atoms. The molecule has 76 valence electrons. The van der Waals surface area contributed by atoms with Gasteiger partial charge in [-0.2, -0.15) is 8.78 Å². The average Bonchev–Trinajstić information content (AvgIpc) is 2.05. The number of esters is 1. The van der Waals surface area contributed by atoms with Gasteiger partial charge >= 0.3 is 11.9 Å². The third-order valence-corrected chi connectivity index (χ3v) is 1.47. The van der Waals surface area contributed by atoms with Gasteiger partial charge in [-0.15, -0.1) is 6.58 Å². The second-order valence-corrected chi connectivity index (χ2v) is 2.61. The van der Waals surface area contributed by atoms with Crippen LogP contribution in [0, 0.1) is 0 Å². The molecule has 0 aromatic heterocycles. The number of halogens is 2. The van der Waals surface area contributed by atoms with Crippen molar-refractivity contribution in [2.75, 3.05) is 6.61 Å². The summed E-state index contributed by atoms with van der Waals surface area (Å²) in [4.78, 5) is 10.7. The van der Waals surface area contributed by atoms with Gasteiger partial charge in [-0.1, -0.05) is 6.08 Å². The summed E-state index contributed by atoms with van der Waals surface area (Å²) in [7, 11) is 0. The predicted octanol–water partition coefficient (Wildman–Crippen LogP) is 2.54. The molecule has 2 nitrogen and oxygen atoms in total. The summed E-state index contributed by atoms with van der Waals surface area (Å²) >= 11 is 0. The van der Waals surface area contributed by atoms with E-state index in [0.717, 1.165) is 0 Å². The third kappa shape index (κ3) is 4.60. The van der Waals surface area contributed by atoms with E-state index in [2.05, 4.69) is 11.3 Å². The zero-order valence-corrected chi connectivity index (χ0v) is 7.69. The summed E-state index contributed by atoms with van der Waals surface area (Å²) in [5.41, 5.74) is 0. The Labute approximate surface area is 76.6 Å². The number of hydrogen-bond donors (Lipinski definition) is 0. The van der Waals surface area contributed by atoms with Crippen molar-refractivity contribution in [3.63, 3.8) is 0 Å². The SMILES string of the molecule is C=CCCCC(F)(F)C(=O)OCC. The number of hydrogen-bond acceptors (Lipinski definition) is 2. The molecule has 0 unspecified atom stereocenters. The smallest absolute Gasteiger partial charge is 0.376 e. The summed E-state index contributed by atoms with van der Waals surface area (Å²) < 4.78 is 29.9. The molecule has 0 saturated carbocycles. The van der Waals surface area contributed by atoms with E-state index in [9.17, 15) is 13.6 Å². The van der Waals surface area contributed by atoms with E-state index in [0.29, 0.717) is 6.42 Å². The van der Waals surface area contributed by atoms with E-state index < -0.39 is 18.3 Å². The Balaban J connectivity index is 3.90. The van der Waals surface area contributed by atoms with Crippen molar-refractivity contribution in [3.05, 3.63) is 12.7 Å². The molecule has 0 aromatic carbocycles. The van der Waals surface area contributed by atoms with Gasteiger partial charge in [-0.3, -0.25) is 0 Å². The zero-order valence-electron chi connectivity index (χ0n) is 7.69. The van der Waals surface area contributed by atoms with E-state index in [-0.39, 0.29) is 13.0 Å². The molecule has 0 aliphatic carbocycles. The first-order valence-electron chi connectivity index (χ1n) is 4.20. The van der Waals surface area contributed by atoms with Crippen molar-refractivity contribution in [1.82, 2.24) is 0 Å². The maximum Gasteiger partial charge on any atom is 0.376 e. The van der Waals surface area contributed by atoms with Crippen LogP contribution >= 0.6 is 0 Å².